The first-order chi connectivity index (χ1) is 21.7. The van der Waals surface area contributed by atoms with Gasteiger partial charge in [0.1, 0.15) is 0 Å². The van der Waals surface area contributed by atoms with E-state index >= 15 is 0 Å². The molecule has 6 aromatic carbocycles. The van der Waals surface area contributed by atoms with Crippen LogP contribution in [-0.4, -0.2) is 9.97 Å². The van der Waals surface area contributed by atoms with Gasteiger partial charge in [0, 0.05) is 18.0 Å². The number of hydrogen-bond acceptors (Lipinski definition) is 3. The van der Waals surface area contributed by atoms with Crippen molar-refractivity contribution in [2.24, 2.45) is 0 Å². The van der Waals surface area contributed by atoms with Crippen molar-refractivity contribution in [2.45, 2.75) is 0 Å². The van der Waals surface area contributed by atoms with Gasteiger partial charge in [-0.05, 0) is 109 Å². The molecule has 202 valence electrons. The molecule has 0 aliphatic rings. The highest BCUT2D eigenvalue weighted by molar-refractivity contribution is 6.24. The van der Waals surface area contributed by atoms with E-state index in [1.165, 1.54) is 43.4 Å². The van der Waals surface area contributed by atoms with E-state index in [-0.39, 0.29) is 0 Å². The van der Waals surface area contributed by atoms with E-state index in [1.807, 2.05) is 12.1 Å². The minimum atomic E-state index is 0.590. The Kier molecular flexibility index (Phi) is 5.86. The van der Waals surface area contributed by atoms with Crippen LogP contribution < -0.4 is 0 Å². The fourth-order valence-electron chi connectivity index (χ4n) is 6.14. The van der Waals surface area contributed by atoms with E-state index in [0.29, 0.717) is 11.3 Å². The highest BCUT2D eigenvalue weighted by Crippen LogP contribution is 2.40. The molecule has 0 bridgehead atoms. The van der Waals surface area contributed by atoms with Crippen molar-refractivity contribution in [3.63, 3.8) is 0 Å². The molecular formula is C40H22N4. The average Bonchev–Trinajstić information content (AvgIpc) is 3.10. The molecule has 0 N–H and O–H groups in total. The minimum absolute atomic E-state index is 0.590. The van der Waals surface area contributed by atoms with Gasteiger partial charge in [0.05, 0.1) is 29.6 Å². The zero-order chi connectivity index (χ0) is 29.6. The fraction of sp³-hybridized carbons (Fsp3) is 0. The maximum atomic E-state index is 9.24. The van der Waals surface area contributed by atoms with E-state index < -0.39 is 0 Å². The summed E-state index contributed by atoms with van der Waals surface area (Å²) in [4.78, 5) is 12.4. The second kappa shape index (κ2) is 10.2. The zero-order valence-corrected chi connectivity index (χ0v) is 23.5. The summed E-state index contributed by atoms with van der Waals surface area (Å²) in [6, 6.07) is 44.0. The smallest absolute Gasteiger partial charge is 0.190 e. The van der Waals surface area contributed by atoms with E-state index in [4.69, 9.17) is 6.57 Å². The lowest BCUT2D eigenvalue weighted by Gasteiger charge is -2.15. The second-order valence-corrected chi connectivity index (χ2v) is 10.9. The summed E-state index contributed by atoms with van der Waals surface area (Å²) in [6.07, 6.45) is 3.36. The third kappa shape index (κ3) is 4.31. The molecule has 0 radical (unpaired) electrons. The number of hydrogen-bond donors (Lipinski definition) is 0. The van der Waals surface area contributed by atoms with Crippen LogP contribution in [0.4, 0.5) is 5.69 Å². The van der Waals surface area contributed by atoms with Crippen molar-refractivity contribution < 1.29 is 0 Å². The topological polar surface area (TPSA) is 53.9 Å². The number of benzene rings is 6. The highest BCUT2D eigenvalue weighted by atomic mass is 14.7. The number of rotatable bonds is 4. The van der Waals surface area contributed by atoms with E-state index in [9.17, 15) is 5.26 Å². The predicted octanol–water partition coefficient (Wildman–Crippen LogP) is 10.5. The quantitative estimate of drug-likeness (QED) is 0.159. The van der Waals surface area contributed by atoms with Crippen LogP contribution in [0, 0.1) is 17.9 Å². The van der Waals surface area contributed by atoms with Gasteiger partial charge in [0.15, 0.2) is 5.69 Å². The summed E-state index contributed by atoms with van der Waals surface area (Å²) in [6.45, 7) is 7.28. The molecule has 0 aliphatic heterocycles. The number of aromatic nitrogens is 2. The Morgan fingerprint density at radius 1 is 0.477 bits per heavy atom. The molecule has 0 saturated heterocycles. The molecule has 0 atom stereocenters. The Labute approximate surface area is 254 Å². The number of nitrogens with zero attached hydrogens (tertiary/aromatic N) is 4. The number of pyridine rings is 2. The SMILES string of the molecule is [C-]#[N+]c1ccnc(-c2ccc(-c3cc4ccc5cc(-c6ccc(-c7cc(C#N)ccn7)cc6)cc6ccc(c3)c4c56)cc2)c1. The summed E-state index contributed by atoms with van der Waals surface area (Å²) < 4.78 is 0. The molecule has 0 spiro atoms. The van der Waals surface area contributed by atoms with Gasteiger partial charge >= 0.3 is 0 Å². The summed E-state index contributed by atoms with van der Waals surface area (Å²) in [5.74, 6) is 0. The molecule has 44 heavy (non-hydrogen) atoms. The van der Waals surface area contributed by atoms with Crippen LogP contribution in [0.3, 0.4) is 0 Å². The van der Waals surface area contributed by atoms with Gasteiger partial charge in [0.2, 0.25) is 0 Å². The molecule has 8 rings (SSSR count). The maximum absolute atomic E-state index is 9.24. The maximum Gasteiger partial charge on any atom is 0.190 e. The number of nitriles is 1. The molecule has 0 unspecified atom stereocenters. The van der Waals surface area contributed by atoms with Crippen LogP contribution in [0.1, 0.15) is 5.56 Å². The molecule has 0 amide bonds. The average molecular weight is 559 g/mol. The lowest BCUT2D eigenvalue weighted by Crippen LogP contribution is -1.88. The van der Waals surface area contributed by atoms with Gasteiger partial charge in [-0.1, -0.05) is 72.8 Å². The van der Waals surface area contributed by atoms with Crippen LogP contribution in [-0.2, 0) is 0 Å². The van der Waals surface area contributed by atoms with Crippen molar-refractivity contribution in [1.82, 2.24) is 9.97 Å². The molecule has 4 heteroatoms. The molecule has 2 heterocycles. The second-order valence-electron chi connectivity index (χ2n) is 10.9. The molecule has 0 fully saturated rings. The minimum Gasteiger partial charge on any atom is -0.259 e. The van der Waals surface area contributed by atoms with Crippen LogP contribution >= 0.6 is 0 Å². The van der Waals surface area contributed by atoms with Crippen LogP contribution in [0.15, 0.2) is 134 Å². The molecule has 8 aromatic rings. The van der Waals surface area contributed by atoms with Gasteiger partial charge in [-0.3, -0.25) is 9.97 Å². The first kappa shape index (κ1) is 25.4. The Morgan fingerprint density at radius 3 is 1.36 bits per heavy atom. The summed E-state index contributed by atoms with van der Waals surface area (Å²) in [5.41, 5.74) is 9.38. The monoisotopic (exact) mass is 558 g/mol. The van der Waals surface area contributed by atoms with E-state index in [1.54, 1.807) is 24.5 Å². The largest absolute Gasteiger partial charge is 0.259 e. The van der Waals surface area contributed by atoms with Gasteiger partial charge in [-0.25, -0.2) is 4.85 Å². The summed E-state index contributed by atoms with van der Waals surface area (Å²) in [7, 11) is 0. The van der Waals surface area contributed by atoms with Gasteiger partial charge in [-0.15, -0.1) is 0 Å². The third-order valence-electron chi connectivity index (χ3n) is 8.32. The van der Waals surface area contributed by atoms with Crippen molar-refractivity contribution >= 4 is 38.0 Å². The standard InChI is InChI=1S/C40H22N4/c1-42-36-15-17-44-38(23-36)29-8-4-27(5-9-29)35-21-32-12-10-30-19-34(20-31-11-13-33(22-35)40(32)39(30)31)26-2-6-28(7-3-26)37-18-25(24-41)14-16-43-37/h2-23H. The summed E-state index contributed by atoms with van der Waals surface area (Å²) >= 11 is 0. The summed E-state index contributed by atoms with van der Waals surface area (Å²) in [5, 5.41) is 16.7. The fourth-order valence-corrected chi connectivity index (χ4v) is 6.14. The van der Waals surface area contributed by atoms with Crippen LogP contribution in [0.2, 0.25) is 0 Å². The molecule has 4 nitrogen and oxygen atoms in total. The molecule has 0 aliphatic carbocycles. The molecule has 2 aromatic heterocycles. The third-order valence-corrected chi connectivity index (χ3v) is 8.32. The first-order valence-corrected chi connectivity index (χ1v) is 14.3. The zero-order valence-electron chi connectivity index (χ0n) is 23.5. The lowest BCUT2D eigenvalue weighted by atomic mass is 9.89. The highest BCUT2D eigenvalue weighted by Gasteiger charge is 2.13. The van der Waals surface area contributed by atoms with Gasteiger partial charge in [-0.2, -0.15) is 5.26 Å². The Hall–Kier alpha value is -6.36. The lowest BCUT2D eigenvalue weighted by molar-refractivity contribution is 1.31. The van der Waals surface area contributed by atoms with Crippen LogP contribution in [0.5, 0.6) is 0 Å². The molecular weight excluding hydrogens is 536 g/mol. The van der Waals surface area contributed by atoms with Gasteiger partial charge in [0.25, 0.3) is 0 Å². The predicted molar refractivity (Wildman–Crippen MR) is 178 cm³/mol. The van der Waals surface area contributed by atoms with Crippen molar-refractivity contribution in [1.29, 1.82) is 5.26 Å². The normalized spacial score (nSPS) is 11.1. The van der Waals surface area contributed by atoms with Gasteiger partial charge < -0.3 is 0 Å². The van der Waals surface area contributed by atoms with E-state index in [2.05, 4.69) is 118 Å². The van der Waals surface area contributed by atoms with E-state index in [0.717, 1.165) is 33.6 Å². The first-order valence-electron chi connectivity index (χ1n) is 14.3. The molecule has 0 saturated carbocycles. The van der Waals surface area contributed by atoms with Crippen molar-refractivity contribution in [3.8, 4) is 50.8 Å². The van der Waals surface area contributed by atoms with Crippen LogP contribution in [0.25, 0.3) is 81.9 Å². The Balaban J connectivity index is 1.15. The van der Waals surface area contributed by atoms with Crippen molar-refractivity contribution in [2.75, 3.05) is 0 Å². The van der Waals surface area contributed by atoms with Crippen molar-refractivity contribution in [3.05, 3.63) is 151 Å². The Bertz CT molecular complexity index is 2200. The Morgan fingerprint density at radius 2 is 0.909 bits per heavy atom.